The van der Waals surface area contributed by atoms with Crippen molar-refractivity contribution in [2.75, 3.05) is 6.61 Å². The highest BCUT2D eigenvalue weighted by Crippen LogP contribution is 2.66. The summed E-state index contributed by atoms with van der Waals surface area (Å²) in [5.41, 5.74) is -3.37. The number of aliphatic hydroxyl groups is 1. The van der Waals surface area contributed by atoms with Gasteiger partial charge < -0.3 is 29.4 Å². The summed E-state index contributed by atoms with van der Waals surface area (Å²) >= 11 is 0. The fraction of sp³-hybridized carbons (Fsp3) is 0.479. The number of ketones is 1. The number of esters is 3. The zero-order valence-corrected chi connectivity index (χ0v) is 35.0. The molecule has 11 nitrogen and oxygen atoms in total. The molecule has 3 fully saturated rings. The third kappa shape index (κ3) is 6.80. The SMILES string of the molecule is CC(=O)O[C@@]12CO[C@@H]1C[C@H](C)[C@@]1(C)C(=O)[C@H](C)C3=C(C)[C@@H](OC(=O)[C@H](C)[C@@H](NC(=O)c4ccccc4)c4ccccc4)C[C@@](O)([C@@H](OC(=O)c4ccccc4)C12)C3(C)C. The second kappa shape index (κ2) is 15.5. The maximum Gasteiger partial charge on any atom is 0.338 e. The fourth-order valence-electron chi connectivity index (χ4n) is 10.9. The Kier molecular flexibility index (Phi) is 11.0. The van der Waals surface area contributed by atoms with Crippen molar-refractivity contribution >= 4 is 29.6 Å². The number of fused-ring (bicyclic) bond motifs is 5. The van der Waals surface area contributed by atoms with Gasteiger partial charge in [-0.1, -0.05) is 101 Å². The van der Waals surface area contributed by atoms with Crippen LogP contribution >= 0.6 is 0 Å². The molecule has 59 heavy (non-hydrogen) atoms. The first kappa shape index (κ1) is 42.0. The van der Waals surface area contributed by atoms with E-state index in [2.05, 4.69) is 5.32 Å². The van der Waals surface area contributed by atoms with Crippen LogP contribution in [0.15, 0.2) is 102 Å². The Hall–Kier alpha value is -5.13. The normalized spacial score (nSPS) is 33.0. The van der Waals surface area contributed by atoms with Crippen LogP contribution in [0.5, 0.6) is 0 Å². The molecular weight excluding hydrogens is 751 g/mol. The molecule has 11 heteroatoms. The predicted molar refractivity (Wildman–Crippen MR) is 218 cm³/mol. The van der Waals surface area contributed by atoms with E-state index in [1.807, 2.05) is 77.9 Å². The lowest BCUT2D eigenvalue weighted by Crippen LogP contribution is -2.80. The van der Waals surface area contributed by atoms with Crippen molar-refractivity contribution < 1.29 is 48.0 Å². The summed E-state index contributed by atoms with van der Waals surface area (Å²) in [6.45, 7) is 14.0. The second-order valence-electron chi connectivity index (χ2n) is 17.8. The Labute approximate surface area is 345 Å². The van der Waals surface area contributed by atoms with Crippen LogP contribution in [0.25, 0.3) is 0 Å². The van der Waals surface area contributed by atoms with E-state index >= 15 is 4.79 Å². The molecule has 2 bridgehead atoms. The molecule has 1 unspecified atom stereocenters. The Morgan fingerprint density at radius 3 is 2.00 bits per heavy atom. The molecule has 0 aromatic heterocycles. The van der Waals surface area contributed by atoms with E-state index in [-0.39, 0.29) is 36.2 Å². The molecule has 4 aliphatic rings. The average molecular weight is 806 g/mol. The van der Waals surface area contributed by atoms with Gasteiger partial charge in [0.25, 0.3) is 5.91 Å². The smallest absolute Gasteiger partial charge is 0.338 e. The van der Waals surface area contributed by atoms with Crippen LogP contribution in [-0.4, -0.2) is 70.8 Å². The predicted octanol–water partition coefficient (Wildman–Crippen LogP) is 6.99. The Bertz CT molecular complexity index is 2150. The molecule has 1 heterocycles. The van der Waals surface area contributed by atoms with Crippen LogP contribution in [0, 0.1) is 34.5 Å². The van der Waals surface area contributed by atoms with Crippen molar-refractivity contribution in [3.05, 3.63) is 119 Å². The van der Waals surface area contributed by atoms with E-state index in [9.17, 15) is 24.3 Å². The first-order chi connectivity index (χ1) is 27.9. The molecule has 2 N–H and O–H groups in total. The quantitative estimate of drug-likeness (QED) is 0.131. The van der Waals surface area contributed by atoms with Gasteiger partial charge in [0.1, 0.15) is 29.7 Å². The third-order valence-electron chi connectivity index (χ3n) is 14.3. The van der Waals surface area contributed by atoms with E-state index in [0.717, 1.165) is 0 Å². The van der Waals surface area contributed by atoms with Crippen LogP contribution in [0.2, 0.25) is 0 Å². The molecule has 7 rings (SSSR count). The van der Waals surface area contributed by atoms with Crippen LogP contribution in [0.1, 0.15) is 101 Å². The van der Waals surface area contributed by atoms with Crippen molar-refractivity contribution in [1.29, 1.82) is 0 Å². The highest BCUT2D eigenvalue weighted by Gasteiger charge is 2.77. The number of nitrogens with one attached hydrogen (secondary N) is 1. The number of hydrogen-bond acceptors (Lipinski definition) is 10. The number of benzene rings is 3. The topological polar surface area (TPSA) is 155 Å². The first-order valence-corrected chi connectivity index (χ1v) is 20.5. The Morgan fingerprint density at radius 1 is 0.864 bits per heavy atom. The molecule has 1 saturated heterocycles. The number of ether oxygens (including phenoxy) is 4. The third-order valence-corrected chi connectivity index (χ3v) is 14.3. The van der Waals surface area contributed by atoms with Crippen molar-refractivity contribution in [3.63, 3.8) is 0 Å². The van der Waals surface area contributed by atoms with E-state index in [0.29, 0.717) is 28.7 Å². The van der Waals surface area contributed by atoms with Gasteiger partial charge in [-0.25, -0.2) is 4.79 Å². The Morgan fingerprint density at radius 2 is 1.44 bits per heavy atom. The summed E-state index contributed by atoms with van der Waals surface area (Å²) in [7, 11) is 0. The van der Waals surface area contributed by atoms with Crippen molar-refractivity contribution in [2.24, 2.45) is 34.5 Å². The molecule has 1 aliphatic heterocycles. The average Bonchev–Trinajstić information content (AvgIpc) is 3.21. The summed E-state index contributed by atoms with van der Waals surface area (Å²) < 4.78 is 25.3. The fourth-order valence-corrected chi connectivity index (χ4v) is 10.9. The van der Waals surface area contributed by atoms with Gasteiger partial charge in [-0.3, -0.25) is 19.2 Å². The summed E-state index contributed by atoms with van der Waals surface area (Å²) in [5, 5.41) is 16.8. The summed E-state index contributed by atoms with van der Waals surface area (Å²) in [4.78, 5) is 70.7. The van der Waals surface area contributed by atoms with Crippen LogP contribution in [0.3, 0.4) is 0 Å². The van der Waals surface area contributed by atoms with Gasteiger partial charge in [0, 0.05) is 35.7 Å². The minimum absolute atomic E-state index is 0.0605. The van der Waals surface area contributed by atoms with Crippen LogP contribution < -0.4 is 5.32 Å². The largest absolute Gasteiger partial charge is 0.457 e. The highest BCUT2D eigenvalue weighted by molar-refractivity contribution is 5.95. The minimum atomic E-state index is -1.99. The van der Waals surface area contributed by atoms with Gasteiger partial charge in [0.2, 0.25) is 0 Å². The maximum absolute atomic E-state index is 15.4. The molecule has 1 amide bonds. The van der Waals surface area contributed by atoms with Gasteiger partial charge >= 0.3 is 17.9 Å². The molecule has 0 spiro atoms. The number of rotatable bonds is 9. The molecule has 3 aromatic carbocycles. The number of Topliss-reactive ketones (excluding diaryl/α,β-unsaturated/α-hetero) is 1. The maximum atomic E-state index is 15.4. The van der Waals surface area contributed by atoms with E-state index in [1.165, 1.54) is 6.92 Å². The van der Waals surface area contributed by atoms with Crippen LogP contribution in [-0.2, 0) is 33.3 Å². The Balaban J connectivity index is 1.34. The highest BCUT2D eigenvalue weighted by atomic mass is 16.6. The van der Waals surface area contributed by atoms with E-state index in [1.54, 1.807) is 61.5 Å². The van der Waals surface area contributed by atoms with Gasteiger partial charge in [-0.05, 0) is 67.2 Å². The van der Waals surface area contributed by atoms with Crippen LogP contribution in [0.4, 0.5) is 0 Å². The number of carbonyl (C=O) groups is 5. The zero-order valence-electron chi connectivity index (χ0n) is 35.0. The number of amides is 1. The lowest BCUT2D eigenvalue weighted by molar-refractivity contribution is -0.339. The lowest BCUT2D eigenvalue weighted by atomic mass is 9.42. The summed E-state index contributed by atoms with van der Waals surface area (Å²) in [5.74, 6) is -5.59. The molecule has 2 saturated carbocycles. The number of carbonyl (C=O) groups excluding carboxylic acids is 5. The van der Waals surface area contributed by atoms with Gasteiger partial charge in [-0.2, -0.15) is 0 Å². The van der Waals surface area contributed by atoms with Crippen molar-refractivity contribution in [2.45, 2.75) is 104 Å². The molecule has 11 atom stereocenters. The molecule has 0 radical (unpaired) electrons. The lowest BCUT2D eigenvalue weighted by Gasteiger charge is -2.68. The van der Waals surface area contributed by atoms with Crippen molar-refractivity contribution in [1.82, 2.24) is 5.32 Å². The monoisotopic (exact) mass is 805 g/mol. The summed E-state index contributed by atoms with van der Waals surface area (Å²) in [6.07, 6.45) is -2.96. The van der Waals surface area contributed by atoms with E-state index in [4.69, 9.17) is 18.9 Å². The second-order valence-corrected chi connectivity index (χ2v) is 17.8. The van der Waals surface area contributed by atoms with Crippen molar-refractivity contribution in [3.8, 4) is 0 Å². The molecular formula is C48H55NO10. The zero-order chi connectivity index (χ0) is 42.7. The first-order valence-electron chi connectivity index (χ1n) is 20.5. The molecule has 3 aliphatic carbocycles. The number of hydrogen-bond donors (Lipinski definition) is 2. The standard InChI is InChI=1S/C48H55NO10/c1-27-24-36-47(26-56-36,59-31(5)50)39-41(58-44(54)34-22-16-11-17-23-34)48(55)25-35(28(2)37(45(48,6)7)29(3)40(51)46(27,39)8)57-43(53)30(4)38(32-18-12-9-13-19-32)49-42(52)33-20-14-10-15-21-33/h9-23,27,29-30,35-36,38-39,41,55H,24-26H2,1-8H3,(H,49,52)/t27-,29+,30+,35-,36+,38+,39?,41-,46+,47-,48+/m0/s1. The summed E-state index contributed by atoms with van der Waals surface area (Å²) in [6, 6.07) is 25.5. The van der Waals surface area contributed by atoms with Gasteiger partial charge in [0.15, 0.2) is 5.60 Å². The molecule has 312 valence electrons. The molecule has 3 aromatic rings. The van der Waals surface area contributed by atoms with Gasteiger partial charge in [-0.15, -0.1) is 0 Å². The minimum Gasteiger partial charge on any atom is -0.457 e. The van der Waals surface area contributed by atoms with Gasteiger partial charge in [0.05, 0.1) is 30.0 Å². The van der Waals surface area contributed by atoms with E-state index < -0.39 is 82.0 Å².